The van der Waals surface area contributed by atoms with E-state index in [9.17, 15) is 4.79 Å². The summed E-state index contributed by atoms with van der Waals surface area (Å²) in [5.41, 5.74) is 7.30. The van der Waals surface area contributed by atoms with Crippen molar-refractivity contribution in [3.8, 4) is 0 Å². The number of nitrogens with zero attached hydrogens (tertiary/aromatic N) is 1. The minimum atomic E-state index is -0.158. The van der Waals surface area contributed by atoms with Crippen molar-refractivity contribution < 1.29 is 0 Å². The number of nitrogens with one attached hydrogen (secondary N) is 2. The highest BCUT2D eigenvalue weighted by Crippen LogP contribution is 2.18. The first-order valence-electron chi connectivity index (χ1n) is 5.74. The molecule has 2 rings (SSSR count). The molecule has 0 aliphatic rings. The van der Waals surface area contributed by atoms with Crippen molar-refractivity contribution in [3.63, 3.8) is 0 Å². The lowest BCUT2D eigenvalue weighted by Crippen LogP contribution is -2.14. The van der Waals surface area contributed by atoms with Gasteiger partial charge >= 0.3 is 0 Å². The summed E-state index contributed by atoms with van der Waals surface area (Å²) < 4.78 is 0. The van der Waals surface area contributed by atoms with Crippen molar-refractivity contribution in [2.24, 2.45) is 0 Å². The highest BCUT2D eigenvalue weighted by molar-refractivity contribution is 5.43. The van der Waals surface area contributed by atoms with Gasteiger partial charge < -0.3 is 16.0 Å². The molecular formula is C13H16N4O. The molecule has 0 fully saturated rings. The van der Waals surface area contributed by atoms with Crippen molar-refractivity contribution in [1.29, 1.82) is 0 Å². The number of rotatable bonds is 3. The maximum Gasteiger partial charge on any atom is 0.252 e. The Hall–Kier alpha value is -2.30. The summed E-state index contributed by atoms with van der Waals surface area (Å²) in [4.78, 5) is 18.2. The van der Waals surface area contributed by atoms with E-state index in [1.54, 1.807) is 6.92 Å². The van der Waals surface area contributed by atoms with Crippen molar-refractivity contribution in [3.05, 3.63) is 52.1 Å². The fourth-order valence-corrected chi connectivity index (χ4v) is 1.74. The van der Waals surface area contributed by atoms with E-state index in [-0.39, 0.29) is 11.6 Å². The number of aryl methyl sites for hydroxylation is 1. The Labute approximate surface area is 105 Å². The summed E-state index contributed by atoms with van der Waals surface area (Å²) in [7, 11) is 0. The van der Waals surface area contributed by atoms with Gasteiger partial charge in [0.05, 0.1) is 0 Å². The zero-order valence-corrected chi connectivity index (χ0v) is 10.4. The summed E-state index contributed by atoms with van der Waals surface area (Å²) in [5.74, 6) is 1.16. The monoisotopic (exact) mass is 244 g/mol. The van der Waals surface area contributed by atoms with Gasteiger partial charge in [0.15, 0.2) is 0 Å². The molecule has 5 heteroatoms. The fourth-order valence-electron chi connectivity index (χ4n) is 1.74. The molecule has 5 nitrogen and oxygen atoms in total. The number of aromatic amines is 1. The normalized spacial score (nSPS) is 12.1. The van der Waals surface area contributed by atoms with E-state index in [0.29, 0.717) is 11.6 Å². The van der Waals surface area contributed by atoms with Crippen LogP contribution < -0.4 is 16.6 Å². The lowest BCUT2D eigenvalue weighted by molar-refractivity contribution is 0.864. The minimum absolute atomic E-state index is 0.0549. The Morgan fingerprint density at radius 1 is 1.33 bits per heavy atom. The molecule has 0 amide bonds. The van der Waals surface area contributed by atoms with Crippen LogP contribution in [0.1, 0.15) is 24.4 Å². The standard InChI is InChI=1S/C13H16N4O/c1-8(10-3-5-11(14)6-4-10)15-12-7-13(18)17-9(2)16-12/h3-8H,14H2,1-2H3,(H2,15,16,17,18). The topological polar surface area (TPSA) is 83.8 Å². The Balaban J connectivity index is 2.18. The first-order valence-corrected chi connectivity index (χ1v) is 5.74. The molecule has 18 heavy (non-hydrogen) atoms. The number of hydrogen-bond acceptors (Lipinski definition) is 4. The maximum absolute atomic E-state index is 11.3. The van der Waals surface area contributed by atoms with Crippen LogP contribution in [-0.4, -0.2) is 9.97 Å². The quantitative estimate of drug-likeness (QED) is 0.719. The first-order chi connectivity index (χ1) is 8.54. The largest absolute Gasteiger partial charge is 0.399 e. The molecule has 1 aromatic heterocycles. The molecule has 4 N–H and O–H groups in total. The van der Waals surface area contributed by atoms with Crippen LogP contribution in [0.4, 0.5) is 11.5 Å². The smallest absolute Gasteiger partial charge is 0.252 e. The van der Waals surface area contributed by atoms with Crippen molar-refractivity contribution in [1.82, 2.24) is 9.97 Å². The SMILES string of the molecule is Cc1nc(NC(C)c2ccc(N)cc2)cc(=O)[nH]1. The van der Waals surface area contributed by atoms with E-state index < -0.39 is 0 Å². The van der Waals surface area contributed by atoms with Crippen LogP contribution >= 0.6 is 0 Å². The van der Waals surface area contributed by atoms with Crippen LogP contribution in [0.25, 0.3) is 0 Å². The first kappa shape index (κ1) is 12.2. The van der Waals surface area contributed by atoms with Gasteiger partial charge in [0.2, 0.25) is 0 Å². The summed E-state index contributed by atoms with van der Waals surface area (Å²) in [6, 6.07) is 9.11. The molecule has 94 valence electrons. The molecule has 0 saturated heterocycles. The predicted octanol–water partition coefficient (Wildman–Crippen LogP) is 1.83. The minimum Gasteiger partial charge on any atom is -0.399 e. The van der Waals surface area contributed by atoms with Gasteiger partial charge in [0.25, 0.3) is 5.56 Å². The highest BCUT2D eigenvalue weighted by atomic mass is 16.1. The Bertz CT molecular complexity index is 589. The number of benzene rings is 1. The van der Waals surface area contributed by atoms with Gasteiger partial charge in [-0.25, -0.2) is 4.98 Å². The molecule has 0 aliphatic heterocycles. The number of nitrogen functional groups attached to an aromatic ring is 1. The Kier molecular flexibility index (Phi) is 3.32. The molecule has 0 spiro atoms. The van der Waals surface area contributed by atoms with Crippen LogP contribution in [0.5, 0.6) is 0 Å². The molecule has 0 bridgehead atoms. The van der Waals surface area contributed by atoms with Gasteiger partial charge in [0, 0.05) is 17.8 Å². The third-order valence-electron chi connectivity index (χ3n) is 2.66. The van der Waals surface area contributed by atoms with Crippen LogP contribution in [-0.2, 0) is 0 Å². The summed E-state index contributed by atoms with van der Waals surface area (Å²) in [6.45, 7) is 3.75. The second-order valence-corrected chi connectivity index (χ2v) is 4.25. The van der Waals surface area contributed by atoms with Gasteiger partial charge in [-0.3, -0.25) is 4.79 Å². The zero-order valence-electron chi connectivity index (χ0n) is 10.4. The molecule has 0 saturated carbocycles. The second kappa shape index (κ2) is 4.91. The van der Waals surface area contributed by atoms with Crippen molar-refractivity contribution in [2.45, 2.75) is 19.9 Å². The average Bonchev–Trinajstić information content (AvgIpc) is 2.28. The number of anilines is 2. The summed E-state index contributed by atoms with van der Waals surface area (Å²) in [6.07, 6.45) is 0. The van der Waals surface area contributed by atoms with E-state index in [2.05, 4.69) is 15.3 Å². The molecule has 1 unspecified atom stereocenters. The zero-order chi connectivity index (χ0) is 13.1. The van der Waals surface area contributed by atoms with Gasteiger partial charge in [-0.15, -0.1) is 0 Å². The van der Waals surface area contributed by atoms with Crippen LogP contribution in [0.2, 0.25) is 0 Å². The molecule has 0 radical (unpaired) electrons. The number of hydrogen-bond donors (Lipinski definition) is 3. The van der Waals surface area contributed by atoms with E-state index >= 15 is 0 Å². The van der Waals surface area contributed by atoms with Crippen LogP contribution in [0.3, 0.4) is 0 Å². The fraction of sp³-hybridized carbons (Fsp3) is 0.231. The van der Waals surface area contributed by atoms with Crippen molar-refractivity contribution >= 4 is 11.5 Å². The van der Waals surface area contributed by atoms with E-state index in [0.717, 1.165) is 11.3 Å². The second-order valence-electron chi connectivity index (χ2n) is 4.25. The Morgan fingerprint density at radius 2 is 2.00 bits per heavy atom. The highest BCUT2D eigenvalue weighted by Gasteiger charge is 2.06. The van der Waals surface area contributed by atoms with Crippen LogP contribution in [0, 0.1) is 6.92 Å². The number of nitrogens with two attached hydrogens (primary N) is 1. The maximum atomic E-state index is 11.3. The molecule has 1 heterocycles. The van der Waals surface area contributed by atoms with Crippen molar-refractivity contribution in [2.75, 3.05) is 11.1 Å². The van der Waals surface area contributed by atoms with Gasteiger partial charge in [-0.05, 0) is 31.5 Å². The third kappa shape index (κ3) is 2.88. The summed E-state index contributed by atoms with van der Waals surface area (Å²) >= 11 is 0. The van der Waals surface area contributed by atoms with E-state index in [1.165, 1.54) is 6.07 Å². The molecule has 1 aromatic carbocycles. The average molecular weight is 244 g/mol. The Morgan fingerprint density at radius 3 is 2.61 bits per heavy atom. The van der Waals surface area contributed by atoms with E-state index in [4.69, 9.17) is 5.73 Å². The summed E-state index contributed by atoms with van der Waals surface area (Å²) in [5, 5.41) is 3.19. The molecular weight excluding hydrogens is 228 g/mol. The molecule has 0 aliphatic carbocycles. The van der Waals surface area contributed by atoms with Gasteiger partial charge in [0.1, 0.15) is 11.6 Å². The lowest BCUT2D eigenvalue weighted by atomic mass is 10.1. The van der Waals surface area contributed by atoms with Crippen LogP contribution in [0.15, 0.2) is 35.1 Å². The lowest BCUT2D eigenvalue weighted by Gasteiger charge is -2.15. The number of H-pyrrole nitrogens is 1. The molecule has 1 atom stereocenters. The van der Waals surface area contributed by atoms with Gasteiger partial charge in [-0.2, -0.15) is 0 Å². The van der Waals surface area contributed by atoms with Gasteiger partial charge in [-0.1, -0.05) is 12.1 Å². The van der Waals surface area contributed by atoms with E-state index in [1.807, 2.05) is 31.2 Å². The third-order valence-corrected chi connectivity index (χ3v) is 2.66. The predicted molar refractivity (Wildman–Crippen MR) is 72.5 cm³/mol. The molecule has 2 aromatic rings. The number of aromatic nitrogens is 2.